The lowest BCUT2D eigenvalue weighted by molar-refractivity contribution is -0.132. The summed E-state index contributed by atoms with van der Waals surface area (Å²) in [6.45, 7) is 10.2. The van der Waals surface area contributed by atoms with Gasteiger partial charge in [-0.25, -0.2) is 18.4 Å². The van der Waals surface area contributed by atoms with Crippen LogP contribution in [0.1, 0.15) is 55.4 Å². The average molecular weight is 565 g/mol. The third-order valence-electron chi connectivity index (χ3n) is 8.66. The molecule has 40 heavy (non-hydrogen) atoms. The number of aromatic nitrogens is 2. The Bertz CT molecular complexity index is 1470. The van der Waals surface area contributed by atoms with Gasteiger partial charge >= 0.3 is 0 Å². The maximum Gasteiger partial charge on any atom is 0.298 e. The summed E-state index contributed by atoms with van der Waals surface area (Å²) in [7, 11) is -3.00. The lowest BCUT2D eigenvalue weighted by Gasteiger charge is -2.47. The number of nitrogens with zero attached hydrogens (tertiary/aromatic N) is 5. The van der Waals surface area contributed by atoms with Crippen molar-refractivity contribution < 1.29 is 17.9 Å². The first-order chi connectivity index (χ1) is 19.2. The number of amides is 1. The molecule has 0 radical (unpaired) electrons. The number of benzene rings is 1. The van der Waals surface area contributed by atoms with Gasteiger partial charge in [0.05, 0.1) is 22.8 Å². The van der Waals surface area contributed by atoms with Crippen LogP contribution in [0.15, 0.2) is 18.5 Å². The summed E-state index contributed by atoms with van der Waals surface area (Å²) in [5, 5.41) is 3.54. The van der Waals surface area contributed by atoms with E-state index in [4.69, 9.17) is 4.74 Å². The Morgan fingerprint density at radius 1 is 1.10 bits per heavy atom. The topological polar surface area (TPSA) is 108 Å². The average Bonchev–Trinajstić information content (AvgIpc) is 3.04. The number of carbonyl (C=O) groups excluding carboxylic acids is 1. The highest BCUT2D eigenvalue weighted by Gasteiger charge is 2.37. The van der Waals surface area contributed by atoms with Crippen LogP contribution < -0.4 is 15.0 Å². The molecule has 1 N–H and O–H groups in total. The second-order valence-electron chi connectivity index (χ2n) is 11.2. The van der Waals surface area contributed by atoms with E-state index in [1.165, 1.54) is 5.56 Å². The lowest BCUT2D eigenvalue weighted by atomic mass is 9.87. The second-order valence-corrected chi connectivity index (χ2v) is 13.6. The van der Waals surface area contributed by atoms with Crippen LogP contribution in [0.3, 0.4) is 0 Å². The standard InChI is InChI=1S/C29H36N6O4S/c1-4-5-25(36)35-16-23(17-35)33-8-6-21(7-9-33)22-14-19(2)27-24(15-22)32-28-26(20(3)39-27)29(31-18-30-28)34-10-12-40(37,38)13-11-34/h14-15,18,20-21,23H,6-13,16-17H2,1-3H3,(H,30,31,32). The highest BCUT2D eigenvalue weighted by atomic mass is 32.2. The fraction of sp³-hybridized carbons (Fsp3) is 0.552. The Hall–Kier alpha value is -3.36. The molecular formula is C29H36N6O4S. The van der Waals surface area contributed by atoms with E-state index in [0.29, 0.717) is 30.9 Å². The number of hydrogen-bond donors (Lipinski definition) is 1. The number of hydrogen-bond acceptors (Lipinski definition) is 9. The number of ether oxygens (including phenoxy) is 1. The van der Waals surface area contributed by atoms with Gasteiger partial charge in [0.15, 0.2) is 9.84 Å². The van der Waals surface area contributed by atoms with Crippen molar-refractivity contribution in [1.29, 1.82) is 0 Å². The molecule has 3 saturated heterocycles. The van der Waals surface area contributed by atoms with E-state index in [1.54, 1.807) is 13.3 Å². The van der Waals surface area contributed by atoms with Gasteiger partial charge in [-0.1, -0.05) is 12.0 Å². The van der Waals surface area contributed by atoms with Crippen molar-refractivity contribution in [3.8, 4) is 17.6 Å². The van der Waals surface area contributed by atoms with Crippen LogP contribution >= 0.6 is 0 Å². The molecule has 6 rings (SSSR count). The predicted octanol–water partition coefficient (Wildman–Crippen LogP) is 2.63. The number of carbonyl (C=O) groups is 1. The molecule has 0 aliphatic carbocycles. The number of sulfone groups is 1. The molecule has 11 heteroatoms. The summed E-state index contributed by atoms with van der Waals surface area (Å²) in [5.41, 5.74) is 4.12. The van der Waals surface area contributed by atoms with Crippen LogP contribution in [0, 0.1) is 18.8 Å². The molecule has 1 amide bonds. The smallest absolute Gasteiger partial charge is 0.298 e. The number of likely N-dealkylation sites (tertiary alicyclic amines) is 2. The van der Waals surface area contributed by atoms with Crippen molar-refractivity contribution in [2.24, 2.45) is 0 Å². The van der Waals surface area contributed by atoms with E-state index in [-0.39, 0.29) is 23.5 Å². The summed E-state index contributed by atoms with van der Waals surface area (Å²) >= 11 is 0. The van der Waals surface area contributed by atoms with Gasteiger partial charge in [-0.05, 0) is 75.7 Å². The first-order valence-electron chi connectivity index (χ1n) is 14.1. The van der Waals surface area contributed by atoms with Crippen LogP contribution in [0.2, 0.25) is 0 Å². The quantitative estimate of drug-likeness (QED) is 0.563. The lowest BCUT2D eigenvalue weighted by Crippen LogP contribution is -2.61. The zero-order valence-corrected chi connectivity index (χ0v) is 24.1. The van der Waals surface area contributed by atoms with Gasteiger partial charge in [0.2, 0.25) is 0 Å². The zero-order chi connectivity index (χ0) is 28.0. The van der Waals surface area contributed by atoms with Crippen molar-refractivity contribution in [2.45, 2.75) is 51.7 Å². The third-order valence-corrected chi connectivity index (χ3v) is 10.3. The first kappa shape index (κ1) is 26.8. The van der Waals surface area contributed by atoms with Crippen molar-refractivity contribution in [3.05, 3.63) is 35.2 Å². The van der Waals surface area contributed by atoms with Gasteiger partial charge in [-0.15, -0.1) is 0 Å². The number of aryl methyl sites for hydroxylation is 1. The number of fused-ring (bicyclic) bond motifs is 2. The van der Waals surface area contributed by atoms with Crippen LogP contribution in [0.5, 0.6) is 5.75 Å². The Morgan fingerprint density at radius 2 is 1.82 bits per heavy atom. The van der Waals surface area contributed by atoms with Crippen molar-refractivity contribution in [3.63, 3.8) is 0 Å². The predicted molar refractivity (Wildman–Crippen MR) is 154 cm³/mol. The summed E-state index contributed by atoms with van der Waals surface area (Å²) in [5.74, 6) is 8.21. The van der Waals surface area contributed by atoms with E-state index in [1.807, 2.05) is 16.7 Å². The molecule has 1 atom stereocenters. The zero-order valence-electron chi connectivity index (χ0n) is 23.3. The molecule has 2 aromatic rings. The van der Waals surface area contributed by atoms with Crippen molar-refractivity contribution in [1.82, 2.24) is 19.8 Å². The maximum absolute atomic E-state index is 12.0. The van der Waals surface area contributed by atoms with E-state index in [9.17, 15) is 13.2 Å². The molecule has 1 unspecified atom stereocenters. The Kier molecular flexibility index (Phi) is 7.09. The minimum absolute atomic E-state index is 0.0686. The summed E-state index contributed by atoms with van der Waals surface area (Å²) in [4.78, 5) is 27.5. The normalized spacial score (nSPS) is 22.9. The van der Waals surface area contributed by atoms with Crippen LogP contribution in [-0.4, -0.2) is 90.9 Å². The number of rotatable bonds is 3. The molecule has 1 aromatic heterocycles. The summed E-state index contributed by atoms with van der Waals surface area (Å²) in [6.07, 6.45) is 3.37. The van der Waals surface area contributed by atoms with Gasteiger partial charge in [0, 0.05) is 32.2 Å². The van der Waals surface area contributed by atoms with Crippen LogP contribution in [-0.2, 0) is 14.6 Å². The van der Waals surface area contributed by atoms with Crippen LogP contribution in [0.25, 0.3) is 0 Å². The molecule has 10 nitrogen and oxygen atoms in total. The van der Waals surface area contributed by atoms with Gasteiger partial charge in [0.1, 0.15) is 29.8 Å². The van der Waals surface area contributed by atoms with Crippen molar-refractivity contribution in [2.75, 3.05) is 61.0 Å². The van der Waals surface area contributed by atoms with E-state index < -0.39 is 9.84 Å². The molecule has 0 saturated carbocycles. The molecular weight excluding hydrogens is 528 g/mol. The monoisotopic (exact) mass is 564 g/mol. The van der Waals surface area contributed by atoms with Gasteiger partial charge in [-0.2, -0.15) is 0 Å². The fourth-order valence-electron chi connectivity index (χ4n) is 6.32. The Labute approximate surface area is 236 Å². The highest BCUT2D eigenvalue weighted by molar-refractivity contribution is 7.91. The molecule has 0 spiro atoms. The van der Waals surface area contributed by atoms with Gasteiger partial charge in [0.25, 0.3) is 5.91 Å². The summed E-state index contributed by atoms with van der Waals surface area (Å²) < 4.78 is 30.5. The third kappa shape index (κ3) is 5.10. The first-order valence-corrected chi connectivity index (χ1v) is 15.9. The molecule has 4 aliphatic rings. The highest BCUT2D eigenvalue weighted by Crippen LogP contribution is 2.45. The van der Waals surface area contributed by atoms with Crippen molar-refractivity contribution >= 4 is 33.1 Å². The molecule has 212 valence electrons. The van der Waals surface area contributed by atoms with E-state index >= 15 is 0 Å². The molecule has 0 bridgehead atoms. The van der Waals surface area contributed by atoms with Gasteiger partial charge in [-0.3, -0.25) is 9.69 Å². The second kappa shape index (κ2) is 10.6. The molecule has 1 aromatic carbocycles. The summed E-state index contributed by atoms with van der Waals surface area (Å²) in [6, 6.07) is 4.88. The Morgan fingerprint density at radius 3 is 2.52 bits per heavy atom. The number of anilines is 3. The minimum atomic E-state index is -3.00. The van der Waals surface area contributed by atoms with E-state index in [0.717, 1.165) is 67.4 Å². The molecule has 4 aliphatic heterocycles. The molecule has 3 fully saturated rings. The van der Waals surface area contributed by atoms with Crippen LogP contribution in [0.4, 0.5) is 17.3 Å². The number of nitrogens with one attached hydrogen (secondary N) is 1. The fourth-order valence-corrected chi connectivity index (χ4v) is 7.52. The minimum Gasteiger partial charge on any atom is -0.483 e. The van der Waals surface area contributed by atoms with Gasteiger partial charge < -0.3 is 19.9 Å². The largest absolute Gasteiger partial charge is 0.483 e. The van der Waals surface area contributed by atoms with E-state index in [2.05, 4.69) is 51.1 Å². The maximum atomic E-state index is 12.0. The Balaban J connectivity index is 1.17. The molecule has 5 heterocycles. The SMILES string of the molecule is CC#CC(=O)N1CC(N2CCC(c3cc(C)c4c(c3)Nc3ncnc(N5CCS(=O)(=O)CC5)c3C(C)O4)CC2)C1. The number of piperidine rings is 1.